The van der Waals surface area contributed by atoms with Crippen LogP contribution in [0.2, 0.25) is 0 Å². The Balaban J connectivity index is 2.13. The van der Waals surface area contributed by atoms with Crippen LogP contribution < -0.4 is 15.7 Å². The number of rotatable bonds is 3. The first-order valence-corrected chi connectivity index (χ1v) is 8.01. The Labute approximate surface area is 125 Å². The van der Waals surface area contributed by atoms with Gasteiger partial charge in [-0.1, -0.05) is 78.9 Å². The zero-order valence-electron chi connectivity index (χ0n) is 11.3. The van der Waals surface area contributed by atoms with Crippen molar-refractivity contribution in [2.45, 2.75) is 0 Å². The van der Waals surface area contributed by atoms with E-state index in [2.05, 4.69) is 24.3 Å². The fourth-order valence-electron chi connectivity index (χ4n) is 2.37. The fraction of sp³-hybridized carbons (Fsp3) is 0. The second-order valence-electron chi connectivity index (χ2n) is 4.64. The van der Waals surface area contributed by atoms with Gasteiger partial charge in [-0.3, -0.25) is 0 Å². The molecule has 21 heavy (non-hydrogen) atoms. The van der Waals surface area contributed by atoms with E-state index in [0.29, 0.717) is 5.57 Å². The van der Waals surface area contributed by atoms with Crippen molar-refractivity contribution in [2.24, 2.45) is 0 Å². The van der Waals surface area contributed by atoms with Crippen LogP contribution in [0.5, 0.6) is 0 Å². The molecule has 0 aromatic heterocycles. The Bertz CT molecular complexity index is 672. The van der Waals surface area contributed by atoms with Crippen LogP contribution in [-0.2, 0) is 0 Å². The van der Waals surface area contributed by atoms with E-state index in [-0.39, 0.29) is 0 Å². The first kappa shape index (κ1) is 13.7. The highest BCUT2D eigenvalue weighted by molar-refractivity contribution is 7.77. The van der Waals surface area contributed by atoms with Crippen molar-refractivity contribution in [1.29, 1.82) is 0 Å². The van der Waals surface area contributed by atoms with E-state index in [1.807, 2.05) is 48.6 Å². The molecule has 0 saturated heterocycles. The first-order valence-electron chi connectivity index (χ1n) is 6.66. The molecular weight excluding hydrogens is 279 g/mol. The van der Waals surface area contributed by atoms with Crippen LogP contribution >= 0.6 is 7.92 Å². The van der Waals surface area contributed by atoms with E-state index in [1.54, 1.807) is 6.08 Å². The summed E-state index contributed by atoms with van der Waals surface area (Å²) in [5.74, 6) is -0.866. The summed E-state index contributed by atoms with van der Waals surface area (Å²) in [7, 11) is -0.843. The topological polar surface area (TPSA) is 43.3 Å². The lowest BCUT2D eigenvalue weighted by atomic mass is 10.3. The van der Waals surface area contributed by atoms with Crippen LogP contribution in [0, 0.1) is 0 Å². The number of allylic oxidation sites excluding steroid dienone is 5. The standard InChI is InChI=1S/C18H15O2P/c19-18(20)16-12-7-13-17(16)21(14-8-3-1-4-9-14)15-10-5-2-6-11-15/h1-13,19-20H/p-1. The third-order valence-electron chi connectivity index (χ3n) is 3.29. The second-order valence-corrected chi connectivity index (χ2v) is 6.82. The summed E-state index contributed by atoms with van der Waals surface area (Å²) in [6, 6.07) is 20.2. The maximum atomic E-state index is 11.5. The lowest BCUT2D eigenvalue weighted by Gasteiger charge is -2.22. The molecule has 2 aromatic carbocycles. The van der Waals surface area contributed by atoms with Gasteiger partial charge in [0.05, 0.1) is 5.95 Å². The molecule has 0 heterocycles. The molecule has 3 heteroatoms. The van der Waals surface area contributed by atoms with Gasteiger partial charge >= 0.3 is 0 Å². The van der Waals surface area contributed by atoms with Gasteiger partial charge in [-0.25, -0.2) is 0 Å². The maximum Gasteiger partial charge on any atom is 0.0563 e. The van der Waals surface area contributed by atoms with Gasteiger partial charge < -0.3 is 10.2 Å². The number of aliphatic hydroxyl groups is 1. The van der Waals surface area contributed by atoms with Gasteiger partial charge in [0.25, 0.3) is 0 Å². The monoisotopic (exact) mass is 293 g/mol. The zero-order valence-corrected chi connectivity index (χ0v) is 12.2. The molecule has 1 N–H and O–H groups in total. The second kappa shape index (κ2) is 5.99. The largest absolute Gasteiger partial charge is 0.629 e. The lowest BCUT2D eigenvalue weighted by molar-refractivity contribution is -0.349. The minimum atomic E-state index is -0.866. The van der Waals surface area contributed by atoms with Gasteiger partial charge in [-0.2, -0.15) is 0 Å². The van der Waals surface area contributed by atoms with Gasteiger partial charge in [0.15, 0.2) is 0 Å². The van der Waals surface area contributed by atoms with Gasteiger partial charge in [-0.05, 0) is 23.8 Å². The molecule has 104 valence electrons. The summed E-state index contributed by atoms with van der Waals surface area (Å²) in [4.78, 5) is 0. The van der Waals surface area contributed by atoms with Gasteiger partial charge in [0.2, 0.25) is 0 Å². The summed E-state index contributed by atoms with van der Waals surface area (Å²) < 4.78 is 0. The third kappa shape index (κ3) is 2.76. The quantitative estimate of drug-likeness (QED) is 0.698. The van der Waals surface area contributed by atoms with Gasteiger partial charge in [0.1, 0.15) is 0 Å². The Morgan fingerprint density at radius 3 is 1.86 bits per heavy atom. The van der Waals surface area contributed by atoms with Crippen molar-refractivity contribution >= 4 is 18.5 Å². The highest BCUT2D eigenvalue weighted by Crippen LogP contribution is 2.48. The molecular formula is C18H14O2P-. The van der Waals surface area contributed by atoms with Crippen molar-refractivity contribution in [3.05, 3.63) is 95.7 Å². The molecule has 0 spiro atoms. The van der Waals surface area contributed by atoms with Crippen LogP contribution in [0.15, 0.2) is 95.7 Å². The Kier molecular flexibility index (Phi) is 3.89. The number of hydrogen-bond donors (Lipinski definition) is 1. The van der Waals surface area contributed by atoms with Crippen LogP contribution in [0.1, 0.15) is 0 Å². The Hall–Kier alpha value is -2.31. The SMILES string of the molecule is [O-]/C(O)=C1/C=CC=C1P(c1ccccc1)c1ccccc1. The molecule has 1 aliphatic rings. The van der Waals surface area contributed by atoms with Crippen molar-refractivity contribution in [1.82, 2.24) is 0 Å². The summed E-state index contributed by atoms with van der Waals surface area (Å²) >= 11 is 0. The summed E-state index contributed by atoms with van der Waals surface area (Å²) in [5, 5.41) is 24.1. The number of aliphatic hydroxyl groups excluding tert-OH is 1. The van der Waals surface area contributed by atoms with Crippen LogP contribution in [0.4, 0.5) is 0 Å². The van der Waals surface area contributed by atoms with E-state index in [1.165, 1.54) is 0 Å². The molecule has 0 bridgehead atoms. The van der Waals surface area contributed by atoms with Gasteiger partial charge in [-0.15, -0.1) is 0 Å². The highest BCUT2D eigenvalue weighted by atomic mass is 31.1. The minimum Gasteiger partial charge on any atom is -0.629 e. The molecule has 0 amide bonds. The van der Waals surface area contributed by atoms with Crippen LogP contribution in [0.25, 0.3) is 0 Å². The van der Waals surface area contributed by atoms with Crippen molar-refractivity contribution in [2.75, 3.05) is 0 Å². The average Bonchev–Trinajstić information content (AvgIpc) is 2.99. The lowest BCUT2D eigenvalue weighted by Crippen LogP contribution is -2.15. The molecule has 0 unspecified atom stereocenters. The molecule has 0 atom stereocenters. The molecule has 2 nitrogen and oxygen atoms in total. The number of hydrogen-bond acceptors (Lipinski definition) is 2. The van der Waals surface area contributed by atoms with E-state index in [4.69, 9.17) is 0 Å². The molecule has 1 aliphatic carbocycles. The first-order chi connectivity index (χ1) is 10.3. The summed E-state index contributed by atoms with van der Waals surface area (Å²) in [6.45, 7) is 0. The van der Waals surface area contributed by atoms with Crippen molar-refractivity contribution in [3.8, 4) is 0 Å². The molecule has 0 fully saturated rings. The Morgan fingerprint density at radius 2 is 1.38 bits per heavy atom. The number of benzene rings is 2. The zero-order chi connectivity index (χ0) is 14.7. The van der Waals surface area contributed by atoms with Crippen LogP contribution in [-0.4, -0.2) is 5.11 Å². The van der Waals surface area contributed by atoms with Crippen LogP contribution in [0.3, 0.4) is 0 Å². The smallest absolute Gasteiger partial charge is 0.0563 e. The van der Waals surface area contributed by atoms with E-state index < -0.39 is 13.9 Å². The normalized spacial score (nSPS) is 16.1. The van der Waals surface area contributed by atoms with E-state index >= 15 is 0 Å². The summed E-state index contributed by atoms with van der Waals surface area (Å²) in [6.07, 6.45) is 5.42. The van der Waals surface area contributed by atoms with E-state index in [9.17, 15) is 10.2 Å². The molecule has 3 rings (SSSR count). The molecule has 2 aromatic rings. The van der Waals surface area contributed by atoms with Gasteiger partial charge in [0, 0.05) is 5.57 Å². The average molecular weight is 293 g/mol. The predicted molar refractivity (Wildman–Crippen MR) is 85.9 cm³/mol. The fourth-order valence-corrected chi connectivity index (χ4v) is 4.81. The minimum absolute atomic E-state index is 0.397. The summed E-state index contributed by atoms with van der Waals surface area (Å²) in [5.41, 5.74) is 0.397. The molecule has 0 saturated carbocycles. The Morgan fingerprint density at radius 1 is 0.857 bits per heavy atom. The van der Waals surface area contributed by atoms with Crippen molar-refractivity contribution < 1.29 is 10.2 Å². The highest BCUT2D eigenvalue weighted by Gasteiger charge is 2.22. The van der Waals surface area contributed by atoms with E-state index in [0.717, 1.165) is 15.9 Å². The predicted octanol–water partition coefficient (Wildman–Crippen LogP) is 2.70. The molecule has 0 radical (unpaired) electrons. The third-order valence-corrected chi connectivity index (χ3v) is 5.79. The van der Waals surface area contributed by atoms with Crippen molar-refractivity contribution in [3.63, 3.8) is 0 Å². The maximum absolute atomic E-state index is 11.5. The molecule has 0 aliphatic heterocycles.